The van der Waals surface area contributed by atoms with E-state index in [-0.39, 0.29) is 17.7 Å². The number of morpholine rings is 1. The second-order valence-electron chi connectivity index (χ2n) is 9.40. The molecule has 0 bridgehead atoms. The normalized spacial score (nSPS) is 22.0. The van der Waals surface area contributed by atoms with Crippen LogP contribution in [0, 0.1) is 5.92 Å². The highest BCUT2D eigenvalue weighted by molar-refractivity contribution is 5.84. The van der Waals surface area contributed by atoms with Crippen molar-refractivity contribution < 1.29 is 14.3 Å². The summed E-state index contributed by atoms with van der Waals surface area (Å²) >= 11 is 0. The van der Waals surface area contributed by atoms with Gasteiger partial charge in [-0.2, -0.15) is 0 Å². The summed E-state index contributed by atoms with van der Waals surface area (Å²) in [7, 11) is 0. The van der Waals surface area contributed by atoms with Crippen LogP contribution in [0.2, 0.25) is 0 Å². The van der Waals surface area contributed by atoms with Crippen molar-refractivity contribution in [3.63, 3.8) is 0 Å². The van der Waals surface area contributed by atoms with Crippen molar-refractivity contribution in [3.05, 3.63) is 60.2 Å². The summed E-state index contributed by atoms with van der Waals surface area (Å²) in [4.78, 5) is 26.9. The largest absolute Gasteiger partial charge is 0.379 e. The zero-order chi connectivity index (χ0) is 23.6. The Morgan fingerprint density at radius 3 is 2.44 bits per heavy atom. The molecule has 0 aromatic heterocycles. The van der Waals surface area contributed by atoms with Gasteiger partial charge in [0.15, 0.2) is 0 Å². The Bertz CT molecular complexity index is 897. The SMILES string of the molecule is O=CNC(C(=O)NCCCN1CCOCC1)C1CCCCC1c1ccc(-c2ccccc2)cc1. The highest BCUT2D eigenvalue weighted by Crippen LogP contribution is 2.40. The molecule has 0 spiro atoms. The molecule has 6 heteroatoms. The molecule has 0 radical (unpaired) electrons. The first-order chi connectivity index (χ1) is 16.8. The predicted octanol–water partition coefficient (Wildman–Crippen LogP) is 3.58. The molecule has 2 aliphatic rings. The van der Waals surface area contributed by atoms with E-state index < -0.39 is 6.04 Å². The number of hydrogen-bond donors (Lipinski definition) is 2. The van der Waals surface area contributed by atoms with Crippen molar-refractivity contribution >= 4 is 12.3 Å². The van der Waals surface area contributed by atoms with Crippen LogP contribution in [0.3, 0.4) is 0 Å². The van der Waals surface area contributed by atoms with Crippen LogP contribution in [0.5, 0.6) is 0 Å². The van der Waals surface area contributed by atoms with Gasteiger partial charge in [0, 0.05) is 19.6 Å². The Balaban J connectivity index is 1.38. The number of benzene rings is 2. The third-order valence-corrected chi connectivity index (χ3v) is 7.28. The van der Waals surface area contributed by atoms with Gasteiger partial charge in [-0.15, -0.1) is 0 Å². The summed E-state index contributed by atoms with van der Waals surface area (Å²) in [5.74, 6) is 0.294. The molecule has 1 saturated heterocycles. The molecule has 3 unspecified atom stereocenters. The van der Waals surface area contributed by atoms with Gasteiger partial charge in [0.1, 0.15) is 6.04 Å². The Morgan fingerprint density at radius 2 is 1.71 bits per heavy atom. The Labute approximate surface area is 203 Å². The summed E-state index contributed by atoms with van der Waals surface area (Å²) in [5.41, 5.74) is 3.64. The van der Waals surface area contributed by atoms with Crippen LogP contribution in [0.25, 0.3) is 11.1 Å². The fourth-order valence-corrected chi connectivity index (χ4v) is 5.44. The van der Waals surface area contributed by atoms with E-state index in [4.69, 9.17) is 4.74 Å². The maximum absolute atomic E-state index is 13.1. The second-order valence-corrected chi connectivity index (χ2v) is 9.40. The molecule has 1 saturated carbocycles. The van der Waals surface area contributed by atoms with Crippen LogP contribution < -0.4 is 10.6 Å². The molecule has 4 rings (SSSR count). The van der Waals surface area contributed by atoms with E-state index in [2.05, 4.69) is 64.1 Å². The molecule has 2 amide bonds. The van der Waals surface area contributed by atoms with Crippen LogP contribution in [0.4, 0.5) is 0 Å². The fourth-order valence-electron chi connectivity index (χ4n) is 5.44. The molecule has 2 aromatic rings. The number of hydrogen-bond acceptors (Lipinski definition) is 4. The average molecular weight is 464 g/mol. The summed E-state index contributed by atoms with van der Waals surface area (Å²) in [6.45, 7) is 5.05. The van der Waals surface area contributed by atoms with Crippen molar-refractivity contribution in [1.82, 2.24) is 15.5 Å². The molecule has 3 atom stereocenters. The van der Waals surface area contributed by atoms with Gasteiger partial charge in [0.05, 0.1) is 13.2 Å². The Hall–Kier alpha value is -2.70. The van der Waals surface area contributed by atoms with E-state index in [9.17, 15) is 9.59 Å². The first-order valence-electron chi connectivity index (χ1n) is 12.7. The van der Waals surface area contributed by atoms with Crippen LogP contribution in [-0.2, 0) is 14.3 Å². The lowest BCUT2D eigenvalue weighted by Gasteiger charge is -2.36. The minimum atomic E-state index is -0.500. The first-order valence-corrected chi connectivity index (χ1v) is 12.7. The summed E-state index contributed by atoms with van der Waals surface area (Å²) < 4.78 is 5.39. The zero-order valence-corrected chi connectivity index (χ0v) is 20.0. The third-order valence-electron chi connectivity index (χ3n) is 7.28. The van der Waals surface area contributed by atoms with Gasteiger partial charge in [-0.1, -0.05) is 67.4 Å². The maximum atomic E-state index is 13.1. The lowest BCUT2D eigenvalue weighted by molar-refractivity contribution is -0.127. The van der Waals surface area contributed by atoms with E-state index in [1.54, 1.807) is 0 Å². The smallest absolute Gasteiger partial charge is 0.242 e. The quantitative estimate of drug-likeness (QED) is 0.417. The predicted molar refractivity (Wildman–Crippen MR) is 134 cm³/mol. The van der Waals surface area contributed by atoms with Crippen molar-refractivity contribution in [2.24, 2.45) is 5.92 Å². The summed E-state index contributed by atoms with van der Waals surface area (Å²) in [6, 6.07) is 18.6. The summed E-state index contributed by atoms with van der Waals surface area (Å²) in [6.07, 6.45) is 5.80. The van der Waals surface area contributed by atoms with Gasteiger partial charge >= 0.3 is 0 Å². The summed E-state index contributed by atoms with van der Waals surface area (Å²) in [5, 5.41) is 5.95. The number of carbonyl (C=O) groups is 2. The standard InChI is InChI=1S/C28H37N3O3/c32-21-30-27(28(33)29-15-6-16-31-17-19-34-20-18-31)26-10-5-4-9-25(26)24-13-11-23(12-14-24)22-7-2-1-3-8-22/h1-3,7-8,11-14,21,25-27H,4-6,9-10,15-20H2,(H,29,33)(H,30,32). The van der Waals surface area contributed by atoms with Crippen molar-refractivity contribution in [2.45, 2.75) is 44.1 Å². The topological polar surface area (TPSA) is 70.7 Å². The number of nitrogens with one attached hydrogen (secondary N) is 2. The van der Waals surface area contributed by atoms with E-state index >= 15 is 0 Å². The molecule has 2 aromatic carbocycles. The number of ether oxygens (including phenoxy) is 1. The Kier molecular flexibility index (Phi) is 9.11. The monoisotopic (exact) mass is 463 g/mol. The fraction of sp³-hybridized carbons (Fsp3) is 0.500. The van der Waals surface area contributed by atoms with E-state index in [1.165, 1.54) is 16.7 Å². The zero-order valence-electron chi connectivity index (χ0n) is 20.0. The number of amides is 2. The van der Waals surface area contributed by atoms with Crippen LogP contribution >= 0.6 is 0 Å². The van der Waals surface area contributed by atoms with Crippen LogP contribution in [-0.4, -0.2) is 62.7 Å². The van der Waals surface area contributed by atoms with E-state index in [0.29, 0.717) is 13.0 Å². The van der Waals surface area contributed by atoms with E-state index in [1.807, 2.05) is 6.07 Å². The number of nitrogens with zero attached hydrogens (tertiary/aromatic N) is 1. The van der Waals surface area contributed by atoms with Crippen molar-refractivity contribution in [2.75, 3.05) is 39.4 Å². The van der Waals surface area contributed by atoms with Crippen molar-refractivity contribution in [3.8, 4) is 11.1 Å². The second kappa shape index (κ2) is 12.7. The molecular formula is C28H37N3O3. The van der Waals surface area contributed by atoms with E-state index in [0.717, 1.165) is 65.0 Å². The molecule has 1 aliphatic carbocycles. The Morgan fingerprint density at radius 1 is 1.00 bits per heavy atom. The van der Waals surface area contributed by atoms with Gasteiger partial charge in [-0.3, -0.25) is 14.5 Å². The molecule has 1 aliphatic heterocycles. The maximum Gasteiger partial charge on any atom is 0.242 e. The van der Waals surface area contributed by atoms with Gasteiger partial charge < -0.3 is 15.4 Å². The number of carbonyl (C=O) groups excluding carboxylic acids is 2. The molecule has 1 heterocycles. The van der Waals surface area contributed by atoms with Crippen LogP contribution in [0.1, 0.15) is 43.6 Å². The van der Waals surface area contributed by atoms with Crippen molar-refractivity contribution in [1.29, 1.82) is 0 Å². The lowest BCUT2D eigenvalue weighted by Crippen LogP contribution is -2.51. The minimum absolute atomic E-state index is 0.0631. The third kappa shape index (κ3) is 6.45. The first kappa shape index (κ1) is 24.4. The molecule has 182 valence electrons. The minimum Gasteiger partial charge on any atom is -0.379 e. The average Bonchev–Trinajstić information content (AvgIpc) is 2.91. The van der Waals surface area contributed by atoms with Gasteiger partial charge in [0.25, 0.3) is 0 Å². The molecule has 2 fully saturated rings. The van der Waals surface area contributed by atoms with Gasteiger partial charge in [-0.25, -0.2) is 0 Å². The van der Waals surface area contributed by atoms with Gasteiger partial charge in [0.2, 0.25) is 12.3 Å². The molecule has 6 nitrogen and oxygen atoms in total. The highest BCUT2D eigenvalue weighted by atomic mass is 16.5. The van der Waals surface area contributed by atoms with Gasteiger partial charge in [-0.05, 0) is 54.3 Å². The number of rotatable bonds is 10. The molecule has 34 heavy (non-hydrogen) atoms. The lowest BCUT2D eigenvalue weighted by atomic mass is 9.71. The van der Waals surface area contributed by atoms with Crippen LogP contribution in [0.15, 0.2) is 54.6 Å². The molecular weight excluding hydrogens is 426 g/mol. The highest BCUT2D eigenvalue weighted by Gasteiger charge is 2.36. The molecule has 2 N–H and O–H groups in total.